The van der Waals surface area contributed by atoms with Gasteiger partial charge in [0.25, 0.3) is 0 Å². The standard InChI is InChI=1S/C13H14ClF3/c14-12-7-2-1-6-11(12)9-4-3-5-10(8-9)13(15,16)17/h3-5,8,11-12H,1-2,6-7H2. The molecular weight excluding hydrogens is 249 g/mol. The van der Waals surface area contributed by atoms with Crippen molar-refractivity contribution in [3.05, 3.63) is 35.4 Å². The van der Waals surface area contributed by atoms with Crippen LogP contribution >= 0.6 is 11.6 Å². The maximum Gasteiger partial charge on any atom is 0.416 e. The topological polar surface area (TPSA) is 0 Å². The van der Waals surface area contributed by atoms with E-state index in [1.807, 2.05) is 0 Å². The van der Waals surface area contributed by atoms with Gasteiger partial charge < -0.3 is 0 Å². The van der Waals surface area contributed by atoms with Crippen LogP contribution in [-0.4, -0.2) is 5.38 Å². The Morgan fingerprint density at radius 1 is 1.12 bits per heavy atom. The normalized spacial score (nSPS) is 25.9. The highest BCUT2D eigenvalue weighted by atomic mass is 35.5. The van der Waals surface area contributed by atoms with Gasteiger partial charge in [-0.2, -0.15) is 13.2 Å². The average molecular weight is 263 g/mol. The molecule has 1 aliphatic rings. The van der Waals surface area contributed by atoms with Crippen LogP contribution in [-0.2, 0) is 6.18 Å². The van der Waals surface area contributed by atoms with E-state index >= 15 is 0 Å². The van der Waals surface area contributed by atoms with Gasteiger partial charge in [0, 0.05) is 11.3 Å². The van der Waals surface area contributed by atoms with Gasteiger partial charge in [-0.1, -0.05) is 31.0 Å². The fourth-order valence-corrected chi connectivity index (χ4v) is 2.83. The Morgan fingerprint density at radius 2 is 1.82 bits per heavy atom. The summed E-state index contributed by atoms with van der Waals surface area (Å²) in [4.78, 5) is 0. The molecule has 1 aromatic carbocycles. The molecule has 1 saturated carbocycles. The van der Waals surface area contributed by atoms with Crippen molar-refractivity contribution in [3.8, 4) is 0 Å². The van der Waals surface area contributed by atoms with E-state index in [1.165, 1.54) is 12.1 Å². The van der Waals surface area contributed by atoms with Crippen molar-refractivity contribution in [1.29, 1.82) is 0 Å². The molecule has 0 aromatic heterocycles. The second kappa shape index (κ2) is 4.89. The first kappa shape index (κ1) is 12.7. The van der Waals surface area contributed by atoms with Crippen LogP contribution in [0.2, 0.25) is 0 Å². The van der Waals surface area contributed by atoms with Crippen LogP contribution in [0, 0.1) is 0 Å². The summed E-state index contributed by atoms with van der Waals surface area (Å²) in [7, 11) is 0. The molecule has 17 heavy (non-hydrogen) atoms. The lowest BCUT2D eigenvalue weighted by Gasteiger charge is -2.27. The van der Waals surface area contributed by atoms with Crippen molar-refractivity contribution in [2.75, 3.05) is 0 Å². The third-order valence-electron chi connectivity index (χ3n) is 3.32. The summed E-state index contributed by atoms with van der Waals surface area (Å²) < 4.78 is 37.8. The Balaban J connectivity index is 2.26. The number of alkyl halides is 4. The molecule has 0 radical (unpaired) electrons. The van der Waals surface area contributed by atoms with Crippen molar-refractivity contribution >= 4 is 11.6 Å². The van der Waals surface area contributed by atoms with Crippen LogP contribution in [0.25, 0.3) is 0 Å². The predicted molar refractivity (Wildman–Crippen MR) is 62.3 cm³/mol. The monoisotopic (exact) mass is 262 g/mol. The van der Waals surface area contributed by atoms with Crippen LogP contribution in [0.3, 0.4) is 0 Å². The molecule has 1 aromatic rings. The zero-order chi connectivity index (χ0) is 12.5. The summed E-state index contributed by atoms with van der Waals surface area (Å²) >= 11 is 6.20. The first-order valence-corrected chi connectivity index (χ1v) is 6.23. The first-order chi connectivity index (χ1) is 7.98. The summed E-state index contributed by atoms with van der Waals surface area (Å²) in [6, 6.07) is 5.57. The Bertz CT molecular complexity index is 386. The third kappa shape index (κ3) is 2.95. The molecule has 1 aliphatic carbocycles. The van der Waals surface area contributed by atoms with Crippen molar-refractivity contribution in [2.45, 2.75) is 43.2 Å². The van der Waals surface area contributed by atoms with Crippen LogP contribution in [0.5, 0.6) is 0 Å². The number of hydrogen-bond donors (Lipinski definition) is 0. The van der Waals surface area contributed by atoms with Gasteiger partial charge >= 0.3 is 6.18 Å². The van der Waals surface area contributed by atoms with Gasteiger partial charge in [-0.25, -0.2) is 0 Å². The maximum atomic E-state index is 12.6. The largest absolute Gasteiger partial charge is 0.416 e. The van der Waals surface area contributed by atoms with Crippen molar-refractivity contribution in [3.63, 3.8) is 0 Å². The van der Waals surface area contributed by atoms with E-state index in [0.29, 0.717) is 0 Å². The Kier molecular flexibility index (Phi) is 3.67. The minimum Gasteiger partial charge on any atom is -0.166 e. The van der Waals surface area contributed by atoms with E-state index < -0.39 is 11.7 Å². The predicted octanol–water partition coefficient (Wildman–Crippen LogP) is 4.97. The van der Waals surface area contributed by atoms with Gasteiger partial charge in [-0.05, 0) is 24.5 Å². The number of benzene rings is 1. The van der Waals surface area contributed by atoms with E-state index in [9.17, 15) is 13.2 Å². The minimum atomic E-state index is -4.27. The molecule has 0 bridgehead atoms. The van der Waals surface area contributed by atoms with Crippen LogP contribution in [0.15, 0.2) is 24.3 Å². The minimum absolute atomic E-state index is 0.0350. The zero-order valence-corrected chi connectivity index (χ0v) is 10.1. The molecule has 0 saturated heterocycles. The van der Waals surface area contributed by atoms with Gasteiger partial charge in [0.05, 0.1) is 5.56 Å². The highest BCUT2D eigenvalue weighted by Gasteiger charge is 2.32. The second-order valence-electron chi connectivity index (χ2n) is 4.53. The molecule has 0 N–H and O–H groups in total. The fourth-order valence-electron chi connectivity index (χ4n) is 2.41. The molecular formula is C13H14ClF3. The van der Waals surface area contributed by atoms with Gasteiger partial charge in [0.1, 0.15) is 0 Å². The number of rotatable bonds is 1. The highest BCUT2D eigenvalue weighted by molar-refractivity contribution is 6.21. The van der Waals surface area contributed by atoms with Gasteiger partial charge in [0.15, 0.2) is 0 Å². The quantitative estimate of drug-likeness (QED) is 0.627. The summed E-state index contributed by atoms with van der Waals surface area (Å²) in [6.07, 6.45) is -0.377. The third-order valence-corrected chi connectivity index (χ3v) is 3.85. The van der Waals surface area contributed by atoms with Crippen molar-refractivity contribution in [1.82, 2.24) is 0 Å². The Labute approximate surface area is 104 Å². The molecule has 2 rings (SSSR count). The lowest BCUT2D eigenvalue weighted by atomic mass is 9.83. The van der Waals surface area contributed by atoms with Gasteiger partial charge in [-0.3, -0.25) is 0 Å². The molecule has 0 spiro atoms. The van der Waals surface area contributed by atoms with E-state index in [-0.39, 0.29) is 11.3 Å². The molecule has 94 valence electrons. The Hall–Kier alpha value is -0.700. The van der Waals surface area contributed by atoms with E-state index in [0.717, 1.165) is 37.3 Å². The SMILES string of the molecule is FC(F)(F)c1cccc(C2CCCCC2Cl)c1. The molecule has 0 amide bonds. The lowest BCUT2D eigenvalue weighted by Crippen LogP contribution is -2.18. The second-order valence-corrected chi connectivity index (χ2v) is 5.09. The van der Waals surface area contributed by atoms with Crippen LogP contribution in [0.1, 0.15) is 42.7 Å². The van der Waals surface area contributed by atoms with Crippen molar-refractivity contribution < 1.29 is 13.2 Å². The van der Waals surface area contributed by atoms with E-state index in [2.05, 4.69) is 0 Å². The summed E-state index contributed by atoms with van der Waals surface area (Å²) in [5, 5.41) is -0.0350. The van der Waals surface area contributed by atoms with E-state index in [1.54, 1.807) is 6.07 Å². The average Bonchev–Trinajstić information content (AvgIpc) is 2.29. The molecule has 1 fully saturated rings. The molecule has 4 heteroatoms. The van der Waals surface area contributed by atoms with Gasteiger partial charge in [0.2, 0.25) is 0 Å². The van der Waals surface area contributed by atoms with Crippen molar-refractivity contribution in [2.24, 2.45) is 0 Å². The molecule has 2 atom stereocenters. The van der Waals surface area contributed by atoms with E-state index in [4.69, 9.17) is 11.6 Å². The fraction of sp³-hybridized carbons (Fsp3) is 0.538. The summed E-state index contributed by atoms with van der Waals surface area (Å²) in [5.74, 6) is 0.0627. The lowest BCUT2D eigenvalue weighted by molar-refractivity contribution is -0.137. The first-order valence-electron chi connectivity index (χ1n) is 5.80. The number of halogens is 4. The molecule has 0 aliphatic heterocycles. The smallest absolute Gasteiger partial charge is 0.166 e. The molecule has 0 nitrogen and oxygen atoms in total. The summed E-state index contributed by atoms with van der Waals surface area (Å²) in [5.41, 5.74) is 0.143. The highest BCUT2D eigenvalue weighted by Crippen LogP contribution is 2.38. The maximum absolute atomic E-state index is 12.6. The Morgan fingerprint density at radius 3 is 2.47 bits per heavy atom. The molecule has 2 unspecified atom stereocenters. The molecule has 0 heterocycles. The van der Waals surface area contributed by atoms with Crippen LogP contribution < -0.4 is 0 Å². The zero-order valence-electron chi connectivity index (χ0n) is 9.30. The van der Waals surface area contributed by atoms with Crippen LogP contribution in [0.4, 0.5) is 13.2 Å². The van der Waals surface area contributed by atoms with Gasteiger partial charge in [-0.15, -0.1) is 11.6 Å². The summed E-state index contributed by atoms with van der Waals surface area (Å²) in [6.45, 7) is 0. The number of hydrogen-bond acceptors (Lipinski definition) is 0.